The molecule has 32 heavy (non-hydrogen) atoms. The molecule has 0 amide bonds. The van der Waals surface area contributed by atoms with Crippen LogP contribution in [0.5, 0.6) is 0 Å². The largest absolute Gasteiger partial charge is 0.412 e. The first-order valence-corrected chi connectivity index (χ1v) is 10.7. The number of aryl methyl sites for hydroxylation is 1. The van der Waals surface area contributed by atoms with Crippen LogP contribution in [0.3, 0.4) is 0 Å². The second-order valence-electron chi connectivity index (χ2n) is 8.04. The van der Waals surface area contributed by atoms with E-state index in [1.807, 2.05) is 18.2 Å². The van der Waals surface area contributed by atoms with Crippen molar-refractivity contribution in [3.05, 3.63) is 77.9 Å². The summed E-state index contributed by atoms with van der Waals surface area (Å²) < 4.78 is 0. The van der Waals surface area contributed by atoms with E-state index < -0.39 is 0 Å². The van der Waals surface area contributed by atoms with Gasteiger partial charge in [-0.05, 0) is 68.5 Å². The first kappa shape index (κ1) is 27.9. The molecule has 0 unspecified atom stereocenters. The van der Waals surface area contributed by atoms with Crippen molar-refractivity contribution in [3.8, 4) is 11.3 Å². The second-order valence-corrected chi connectivity index (χ2v) is 8.04. The van der Waals surface area contributed by atoms with Crippen LogP contribution in [0.4, 0.5) is 5.82 Å². The Kier molecular flexibility index (Phi) is 12.2. The molecule has 0 bridgehead atoms. The van der Waals surface area contributed by atoms with Crippen LogP contribution in [0, 0.1) is 12.8 Å². The minimum absolute atomic E-state index is 0. The maximum Gasteiger partial charge on any atom is 0.148 e. The summed E-state index contributed by atoms with van der Waals surface area (Å²) in [6.07, 6.45) is 3.76. The fraction of sp³-hybridized carbons (Fsp3) is 0.360. The van der Waals surface area contributed by atoms with Crippen molar-refractivity contribution in [2.45, 2.75) is 32.7 Å². The molecule has 0 spiro atoms. The minimum Gasteiger partial charge on any atom is -0.412 e. The number of rotatable bonds is 7. The highest BCUT2D eigenvalue weighted by molar-refractivity contribution is 5.85. The highest BCUT2D eigenvalue weighted by Crippen LogP contribution is 2.23. The molecule has 1 saturated heterocycles. The topological polar surface area (TPSA) is 72.5 Å². The van der Waals surface area contributed by atoms with Gasteiger partial charge in [-0.2, -0.15) is 0 Å². The number of halogens is 2. The van der Waals surface area contributed by atoms with Gasteiger partial charge >= 0.3 is 0 Å². The highest BCUT2D eigenvalue weighted by Gasteiger charge is 2.19. The number of anilines is 1. The summed E-state index contributed by atoms with van der Waals surface area (Å²) in [4.78, 5) is 2.58. The molecule has 5 nitrogen and oxygen atoms in total. The van der Waals surface area contributed by atoms with Gasteiger partial charge in [0.05, 0.1) is 5.69 Å². The maximum atomic E-state index is 4.41. The molecule has 4 rings (SSSR count). The van der Waals surface area contributed by atoms with Crippen LogP contribution in [0.2, 0.25) is 0 Å². The van der Waals surface area contributed by atoms with Gasteiger partial charge in [-0.3, -0.25) is 4.90 Å². The molecule has 2 heterocycles. The van der Waals surface area contributed by atoms with Crippen LogP contribution in [0.1, 0.15) is 30.4 Å². The molecular weight excluding hydrogens is 443 g/mol. The fourth-order valence-corrected chi connectivity index (χ4v) is 4.11. The lowest BCUT2D eigenvalue weighted by Crippen LogP contribution is -2.33. The molecule has 3 aromatic rings. The van der Waals surface area contributed by atoms with Crippen molar-refractivity contribution in [2.24, 2.45) is 5.92 Å². The molecule has 1 aromatic heterocycles. The number of nitrogens with zero attached hydrogens (tertiary/aromatic N) is 3. The normalized spacial score (nSPS) is 13.9. The third kappa shape index (κ3) is 7.75. The van der Waals surface area contributed by atoms with Crippen molar-refractivity contribution in [2.75, 3.05) is 25.0 Å². The number of piperidine rings is 1. The molecule has 2 aromatic carbocycles. The van der Waals surface area contributed by atoms with E-state index in [0.717, 1.165) is 36.1 Å². The van der Waals surface area contributed by atoms with Crippen molar-refractivity contribution in [3.63, 3.8) is 0 Å². The van der Waals surface area contributed by atoms with E-state index in [1.165, 1.54) is 43.5 Å². The zero-order valence-electron chi connectivity index (χ0n) is 18.5. The van der Waals surface area contributed by atoms with Crippen LogP contribution >= 0.6 is 24.8 Å². The van der Waals surface area contributed by atoms with E-state index in [1.54, 1.807) is 0 Å². The molecule has 1 aliphatic heterocycles. The Morgan fingerprint density at radius 2 is 1.56 bits per heavy atom. The first-order chi connectivity index (χ1) is 14.3. The molecule has 1 fully saturated rings. The van der Waals surface area contributed by atoms with Crippen LogP contribution in [-0.2, 0) is 6.54 Å². The van der Waals surface area contributed by atoms with Gasteiger partial charge in [0.1, 0.15) is 5.82 Å². The summed E-state index contributed by atoms with van der Waals surface area (Å²) in [6.45, 7) is 6.54. The van der Waals surface area contributed by atoms with Gasteiger partial charge in [-0.15, -0.1) is 35.0 Å². The van der Waals surface area contributed by atoms with Crippen LogP contribution in [-0.4, -0.2) is 40.2 Å². The van der Waals surface area contributed by atoms with Gasteiger partial charge < -0.3 is 10.8 Å². The third-order valence-corrected chi connectivity index (χ3v) is 5.90. The van der Waals surface area contributed by atoms with Gasteiger partial charge in [0.25, 0.3) is 0 Å². The van der Waals surface area contributed by atoms with E-state index in [4.69, 9.17) is 0 Å². The summed E-state index contributed by atoms with van der Waals surface area (Å²) in [5.41, 5.74) is 4.72. The molecule has 7 heteroatoms. The summed E-state index contributed by atoms with van der Waals surface area (Å²) in [5, 5.41) is 12.2. The average molecular weight is 477 g/mol. The number of hydrogen-bond acceptors (Lipinski definition) is 4. The van der Waals surface area contributed by atoms with E-state index in [0.29, 0.717) is 0 Å². The van der Waals surface area contributed by atoms with Crippen molar-refractivity contribution >= 4 is 30.6 Å². The van der Waals surface area contributed by atoms with Gasteiger partial charge in [-0.25, -0.2) is 0 Å². The Bertz CT molecular complexity index is 901. The Labute approximate surface area is 203 Å². The number of nitrogens with one attached hydrogen (secondary N) is 1. The fourth-order valence-electron chi connectivity index (χ4n) is 4.11. The monoisotopic (exact) mass is 476 g/mol. The lowest BCUT2D eigenvalue weighted by atomic mass is 9.93. The van der Waals surface area contributed by atoms with Crippen LogP contribution in [0.25, 0.3) is 11.3 Å². The zero-order chi connectivity index (χ0) is 19.9. The van der Waals surface area contributed by atoms with Crippen molar-refractivity contribution < 1.29 is 5.48 Å². The first-order valence-electron chi connectivity index (χ1n) is 10.7. The molecule has 0 aliphatic carbocycles. The SMILES string of the molecule is Cc1ccccc1-c1ccc(NCCC2CCN(Cc3ccccc3)CC2)nn1.Cl.Cl.O. The summed E-state index contributed by atoms with van der Waals surface area (Å²) >= 11 is 0. The Hall–Kier alpha value is -2.18. The molecule has 0 saturated carbocycles. The average Bonchev–Trinajstić information content (AvgIpc) is 2.77. The van der Waals surface area contributed by atoms with Gasteiger partial charge in [-0.1, -0.05) is 54.6 Å². The molecule has 174 valence electrons. The van der Waals surface area contributed by atoms with Crippen molar-refractivity contribution in [1.29, 1.82) is 0 Å². The summed E-state index contributed by atoms with van der Waals surface area (Å²) in [6, 6.07) is 23.2. The Morgan fingerprint density at radius 3 is 2.22 bits per heavy atom. The lowest BCUT2D eigenvalue weighted by molar-refractivity contribution is 0.174. The minimum atomic E-state index is 0. The van der Waals surface area contributed by atoms with Crippen molar-refractivity contribution in [1.82, 2.24) is 15.1 Å². The van der Waals surface area contributed by atoms with Gasteiger partial charge in [0.2, 0.25) is 0 Å². The lowest BCUT2D eigenvalue weighted by Gasteiger charge is -2.32. The van der Waals surface area contributed by atoms with Crippen LogP contribution < -0.4 is 5.32 Å². The number of hydrogen-bond donors (Lipinski definition) is 1. The number of aromatic nitrogens is 2. The zero-order valence-corrected chi connectivity index (χ0v) is 20.2. The molecule has 3 N–H and O–H groups in total. The van der Waals surface area contributed by atoms with Gasteiger partial charge in [0.15, 0.2) is 0 Å². The Balaban J connectivity index is 0.00000171. The maximum absolute atomic E-state index is 4.41. The van der Waals surface area contributed by atoms with E-state index in [2.05, 4.69) is 75.9 Å². The summed E-state index contributed by atoms with van der Waals surface area (Å²) in [7, 11) is 0. The standard InChI is InChI=1S/C25H30N4.2ClH.H2O/c1-20-7-5-6-10-23(20)24-11-12-25(28-27-24)26-16-13-21-14-17-29(18-15-21)19-22-8-3-2-4-9-22;;;/h2-12,21H,13-19H2,1H3,(H,26,28);2*1H;1H2. The predicted molar refractivity (Wildman–Crippen MR) is 138 cm³/mol. The molecule has 0 radical (unpaired) electrons. The van der Waals surface area contributed by atoms with E-state index in [-0.39, 0.29) is 30.3 Å². The molecule has 1 aliphatic rings. The quantitative estimate of drug-likeness (QED) is 0.509. The number of benzene rings is 2. The highest BCUT2D eigenvalue weighted by atomic mass is 35.5. The van der Waals surface area contributed by atoms with E-state index in [9.17, 15) is 0 Å². The third-order valence-electron chi connectivity index (χ3n) is 5.90. The smallest absolute Gasteiger partial charge is 0.148 e. The second kappa shape index (κ2) is 14.1. The predicted octanol–water partition coefficient (Wildman–Crippen LogP) is 5.19. The Morgan fingerprint density at radius 1 is 0.875 bits per heavy atom. The summed E-state index contributed by atoms with van der Waals surface area (Å²) in [5.74, 6) is 1.66. The van der Waals surface area contributed by atoms with Crippen LogP contribution in [0.15, 0.2) is 66.7 Å². The molecule has 0 atom stereocenters. The number of likely N-dealkylation sites (tertiary alicyclic amines) is 1. The van der Waals surface area contributed by atoms with E-state index >= 15 is 0 Å². The molecular formula is C25H34Cl2N4O. The van der Waals surface area contributed by atoms with Gasteiger partial charge in [0, 0.05) is 18.7 Å².